The molecule has 0 aliphatic heterocycles. The Balaban J connectivity index is 1.19. The summed E-state index contributed by atoms with van der Waals surface area (Å²) in [7, 11) is 0. The first kappa shape index (κ1) is 20.9. The fourth-order valence-electron chi connectivity index (χ4n) is 4.20. The Hall–Kier alpha value is -4.72. The van der Waals surface area contributed by atoms with Gasteiger partial charge in [-0.3, -0.25) is 4.79 Å². The van der Waals surface area contributed by atoms with Crippen LogP contribution >= 0.6 is 0 Å². The van der Waals surface area contributed by atoms with Crippen molar-refractivity contribution in [2.75, 3.05) is 0 Å². The van der Waals surface area contributed by atoms with Crippen molar-refractivity contribution in [3.05, 3.63) is 102 Å². The van der Waals surface area contributed by atoms with Gasteiger partial charge in [0, 0.05) is 13.1 Å². The molecule has 0 bridgehead atoms. The van der Waals surface area contributed by atoms with Gasteiger partial charge in [0.1, 0.15) is 5.69 Å². The average Bonchev–Trinajstić information content (AvgIpc) is 3.64. The van der Waals surface area contributed by atoms with Gasteiger partial charge >= 0.3 is 0 Å². The summed E-state index contributed by atoms with van der Waals surface area (Å²) >= 11 is 0. The minimum atomic E-state index is -0.231. The summed E-state index contributed by atoms with van der Waals surface area (Å²) in [4.78, 5) is 22.1. The summed E-state index contributed by atoms with van der Waals surface area (Å²) in [5.74, 6) is 0.321. The van der Waals surface area contributed by atoms with Crippen LogP contribution in [-0.4, -0.2) is 25.6 Å². The number of carbonyl (C=O) groups is 1. The molecule has 8 heteroatoms. The smallest absolute Gasteiger partial charge is 0.259 e. The Morgan fingerprint density at radius 1 is 1.03 bits per heavy atom. The highest BCUT2D eigenvalue weighted by Crippen LogP contribution is 2.27. The highest BCUT2D eigenvalue weighted by molar-refractivity contribution is 6.06. The largest absolute Gasteiger partial charge is 0.463 e. The summed E-state index contributed by atoms with van der Waals surface area (Å²) in [6, 6.07) is 21.5. The van der Waals surface area contributed by atoms with Crippen LogP contribution in [0.15, 0.2) is 88.3 Å². The van der Waals surface area contributed by atoms with Crippen LogP contribution in [0.25, 0.3) is 33.6 Å². The number of nitrogens with one attached hydrogen (secondary N) is 1. The van der Waals surface area contributed by atoms with E-state index in [1.54, 1.807) is 31.4 Å². The van der Waals surface area contributed by atoms with Crippen molar-refractivity contribution in [1.82, 2.24) is 25.0 Å². The third-order valence-electron chi connectivity index (χ3n) is 5.99. The van der Waals surface area contributed by atoms with E-state index in [1.807, 2.05) is 36.7 Å². The second kappa shape index (κ2) is 8.57. The molecule has 0 aliphatic carbocycles. The summed E-state index contributed by atoms with van der Waals surface area (Å²) in [5.41, 5.74) is 6.11. The molecule has 8 nitrogen and oxygen atoms in total. The molecule has 0 saturated carbocycles. The molecule has 0 unspecified atom stereocenters. The molecule has 0 spiro atoms. The van der Waals surface area contributed by atoms with Crippen LogP contribution in [-0.2, 0) is 13.1 Å². The fourth-order valence-corrected chi connectivity index (χ4v) is 4.20. The zero-order valence-corrected chi connectivity index (χ0v) is 18.9. The Bertz CT molecular complexity index is 1650. The highest BCUT2D eigenvalue weighted by Gasteiger charge is 2.20. The van der Waals surface area contributed by atoms with Crippen LogP contribution in [0.1, 0.15) is 27.2 Å². The standard InChI is InChI=1S/C27H21N5O3/c1-17-25-20(13-22(24-7-4-12-34-24)30-27(25)35-31-17)26(33)28-14-18-8-10-19(11-9-18)15-32-16-29-21-5-2-3-6-23(21)32/h2-13,16H,14-15H2,1H3,(H,28,33). The average molecular weight is 463 g/mol. The zero-order valence-electron chi connectivity index (χ0n) is 18.9. The lowest BCUT2D eigenvalue weighted by Crippen LogP contribution is -2.23. The molecule has 1 N–H and O–H groups in total. The van der Waals surface area contributed by atoms with Crippen LogP contribution < -0.4 is 5.32 Å². The molecule has 6 aromatic rings. The van der Waals surface area contributed by atoms with Crippen molar-refractivity contribution < 1.29 is 13.7 Å². The van der Waals surface area contributed by atoms with E-state index in [1.165, 1.54) is 0 Å². The molecule has 0 radical (unpaired) electrons. The SMILES string of the molecule is Cc1noc2nc(-c3ccco3)cc(C(=O)NCc3ccc(Cn4cnc5ccccc54)cc3)c12. The van der Waals surface area contributed by atoms with Gasteiger partial charge in [-0.2, -0.15) is 0 Å². The van der Waals surface area contributed by atoms with Gasteiger partial charge in [-0.15, -0.1) is 0 Å². The van der Waals surface area contributed by atoms with Crippen molar-refractivity contribution in [3.8, 4) is 11.5 Å². The van der Waals surface area contributed by atoms with Gasteiger partial charge in [0.2, 0.25) is 0 Å². The molecule has 0 aliphatic rings. The first-order chi connectivity index (χ1) is 17.2. The van der Waals surface area contributed by atoms with Crippen molar-refractivity contribution in [3.63, 3.8) is 0 Å². The number of nitrogens with zero attached hydrogens (tertiary/aromatic N) is 4. The topological polar surface area (TPSA) is 99.0 Å². The molecule has 0 fully saturated rings. The van der Waals surface area contributed by atoms with Crippen LogP contribution in [0, 0.1) is 6.92 Å². The van der Waals surface area contributed by atoms with E-state index in [0.717, 1.165) is 28.7 Å². The summed E-state index contributed by atoms with van der Waals surface area (Å²) in [6.07, 6.45) is 3.42. The first-order valence-corrected chi connectivity index (χ1v) is 11.2. The Morgan fingerprint density at radius 2 is 1.86 bits per heavy atom. The van der Waals surface area contributed by atoms with Crippen LogP contribution in [0.5, 0.6) is 0 Å². The van der Waals surface area contributed by atoms with Gasteiger partial charge in [0.05, 0.1) is 40.3 Å². The highest BCUT2D eigenvalue weighted by atomic mass is 16.5. The second-order valence-electron chi connectivity index (χ2n) is 8.34. The van der Waals surface area contributed by atoms with Crippen molar-refractivity contribution in [2.24, 2.45) is 0 Å². The number of imidazole rings is 1. The predicted octanol–water partition coefficient (Wildman–Crippen LogP) is 5.12. The quantitative estimate of drug-likeness (QED) is 0.368. The lowest BCUT2D eigenvalue weighted by atomic mass is 10.1. The minimum Gasteiger partial charge on any atom is -0.463 e. The van der Waals surface area contributed by atoms with Gasteiger partial charge in [-0.1, -0.05) is 41.6 Å². The lowest BCUT2D eigenvalue weighted by Gasteiger charge is -2.09. The lowest BCUT2D eigenvalue weighted by molar-refractivity contribution is 0.0952. The maximum Gasteiger partial charge on any atom is 0.259 e. The van der Waals surface area contributed by atoms with Crippen LogP contribution in [0.4, 0.5) is 0 Å². The number of amides is 1. The van der Waals surface area contributed by atoms with Crippen LogP contribution in [0.3, 0.4) is 0 Å². The van der Waals surface area contributed by atoms with E-state index in [2.05, 4.69) is 43.2 Å². The van der Waals surface area contributed by atoms with E-state index < -0.39 is 0 Å². The number of aromatic nitrogens is 4. The Labute approximate surface area is 200 Å². The molecule has 2 aromatic carbocycles. The Kier molecular flexibility index (Phi) is 5.11. The zero-order chi connectivity index (χ0) is 23.8. The van der Waals surface area contributed by atoms with E-state index in [-0.39, 0.29) is 5.91 Å². The van der Waals surface area contributed by atoms with Crippen molar-refractivity contribution >= 4 is 28.0 Å². The molecular formula is C27H21N5O3. The molecule has 4 heterocycles. The number of benzene rings is 2. The molecule has 4 aromatic heterocycles. The monoisotopic (exact) mass is 463 g/mol. The molecule has 35 heavy (non-hydrogen) atoms. The number of hydrogen-bond acceptors (Lipinski definition) is 6. The maximum absolute atomic E-state index is 13.2. The van der Waals surface area contributed by atoms with E-state index >= 15 is 0 Å². The molecule has 1 amide bonds. The number of carbonyl (C=O) groups excluding carboxylic acids is 1. The summed E-state index contributed by atoms with van der Waals surface area (Å²) < 4.78 is 12.9. The number of hydrogen-bond donors (Lipinski definition) is 1. The molecule has 6 rings (SSSR count). The third kappa shape index (κ3) is 3.95. The molecule has 172 valence electrons. The van der Waals surface area contributed by atoms with Gasteiger partial charge < -0.3 is 18.8 Å². The number of furan rings is 1. The third-order valence-corrected chi connectivity index (χ3v) is 5.99. The van der Waals surface area contributed by atoms with Gasteiger partial charge in [0.25, 0.3) is 11.6 Å². The van der Waals surface area contributed by atoms with E-state index in [0.29, 0.717) is 40.4 Å². The number of fused-ring (bicyclic) bond motifs is 2. The predicted molar refractivity (Wildman–Crippen MR) is 131 cm³/mol. The molecular weight excluding hydrogens is 442 g/mol. The summed E-state index contributed by atoms with van der Waals surface area (Å²) in [6.45, 7) is 2.90. The number of aryl methyl sites for hydroxylation is 1. The second-order valence-corrected chi connectivity index (χ2v) is 8.34. The normalized spacial score (nSPS) is 11.3. The fraction of sp³-hybridized carbons (Fsp3) is 0.111. The van der Waals surface area contributed by atoms with Gasteiger partial charge in [-0.25, -0.2) is 9.97 Å². The number of pyridine rings is 1. The molecule has 0 atom stereocenters. The first-order valence-electron chi connectivity index (χ1n) is 11.2. The van der Waals surface area contributed by atoms with E-state index in [4.69, 9.17) is 8.94 Å². The van der Waals surface area contributed by atoms with Gasteiger partial charge in [0.15, 0.2) is 5.76 Å². The number of para-hydroxylation sites is 2. The van der Waals surface area contributed by atoms with Gasteiger partial charge in [-0.05, 0) is 48.4 Å². The molecule has 0 saturated heterocycles. The van der Waals surface area contributed by atoms with Crippen molar-refractivity contribution in [1.29, 1.82) is 0 Å². The minimum absolute atomic E-state index is 0.231. The van der Waals surface area contributed by atoms with E-state index in [9.17, 15) is 4.79 Å². The van der Waals surface area contributed by atoms with Crippen LogP contribution in [0.2, 0.25) is 0 Å². The van der Waals surface area contributed by atoms with Crippen molar-refractivity contribution in [2.45, 2.75) is 20.0 Å². The summed E-state index contributed by atoms with van der Waals surface area (Å²) in [5, 5.41) is 7.59. The number of rotatable bonds is 6. The maximum atomic E-state index is 13.2. The Morgan fingerprint density at radius 3 is 2.69 bits per heavy atom.